The van der Waals surface area contributed by atoms with Crippen LogP contribution in [0.1, 0.15) is 6.42 Å². The Morgan fingerprint density at radius 3 is 2.25 bits per heavy atom. The molecule has 1 N–H and O–H groups in total. The van der Waals surface area contributed by atoms with Crippen molar-refractivity contribution < 1.29 is 9.90 Å². The molecule has 0 aromatic heterocycles. The molecule has 0 aliphatic heterocycles. The molecule has 0 rings (SSSR count). The molecular formula is C5H11NO2. The van der Waals surface area contributed by atoms with Gasteiger partial charge in [-0.25, -0.2) is 0 Å². The van der Waals surface area contributed by atoms with Gasteiger partial charge in [0.25, 0.3) is 0 Å². The van der Waals surface area contributed by atoms with Crippen LogP contribution in [-0.2, 0) is 4.79 Å². The quantitative estimate of drug-likeness (QED) is 0.527. The monoisotopic (exact) mass is 117 g/mol. The van der Waals surface area contributed by atoms with E-state index in [-0.39, 0.29) is 18.9 Å². The van der Waals surface area contributed by atoms with Crippen LogP contribution in [0.15, 0.2) is 0 Å². The molecule has 3 heteroatoms. The zero-order chi connectivity index (χ0) is 6.57. The Balaban J connectivity index is 3.33. The van der Waals surface area contributed by atoms with Crippen LogP contribution >= 0.6 is 0 Å². The largest absolute Gasteiger partial charge is 0.396 e. The van der Waals surface area contributed by atoms with Crippen molar-refractivity contribution in [2.75, 3.05) is 20.7 Å². The maximum absolute atomic E-state index is 10.5. The molecule has 0 saturated carbocycles. The fourth-order valence-electron chi connectivity index (χ4n) is 0.319. The first-order valence-electron chi connectivity index (χ1n) is 2.49. The van der Waals surface area contributed by atoms with Gasteiger partial charge in [0.2, 0.25) is 5.91 Å². The fraction of sp³-hybridized carbons (Fsp3) is 0.800. The molecule has 0 aromatic rings. The molecule has 0 unspecified atom stereocenters. The van der Waals surface area contributed by atoms with Gasteiger partial charge in [-0.05, 0) is 0 Å². The molecular weight excluding hydrogens is 106 g/mol. The average Bonchev–Trinajstić information content (AvgIpc) is 1.67. The topological polar surface area (TPSA) is 40.5 Å². The number of amides is 1. The highest BCUT2D eigenvalue weighted by Gasteiger charge is 1.99. The third kappa shape index (κ3) is 2.58. The molecule has 0 radical (unpaired) electrons. The second-order valence-electron chi connectivity index (χ2n) is 1.76. The second kappa shape index (κ2) is 3.43. The molecule has 0 fully saturated rings. The van der Waals surface area contributed by atoms with Crippen molar-refractivity contribution >= 4 is 5.91 Å². The summed E-state index contributed by atoms with van der Waals surface area (Å²) in [5.41, 5.74) is 0. The lowest BCUT2D eigenvalue weighted by atomic mass is 10.4. The standard InChI is InChI=1S/C5H11NO2/c1-6(2)5(8)3-4-7/h7H,3-4H2,1-2H3. The van der Waals surface area contributed by atoms with Crippen LogP contribution in [0.4, 0.5) is 0 Å². The van der Waals surface area contributed by atoms with E-state index in [2.05, 4.69) is 0 Å². The summed E-state index contributed by atoms with van der Waals surface area (Å²) in [7, 11) is 3.33. The highest BCUT2D eigenvalue weighted by atomic mass is 16.3. The molecule has 0 saturated heterocycles. The van der Waals surface area contributed by atoms with Crippen molar-refractivity contribution in [1.29, 1.82) is 0 Å². The van der Waals surface area contributed by atoms with Crippen molar-refractivity contribution in [2.24, 2.45) is 0 Å². The van der Waals surface area contributed by atoms with E-state index in [1.807, 2.05) is 0 Å². The minimum Gasteiger partial charge on any atom is -0.396 e. The average molecular weight is 117 g/mol. The Kier molecular flexibility index (Phi) is 3.19. The molecule has 1 amide bonds. The number of aliphatic hydroxyl groups excluding tert-OH is 1. The zero-order valence-corrected chi connectivity index (χ0v) is 5.22. The van der Waals surface area contributed by atoms with Gasteiger partial charge < -0.3 is 10.0 Å². The van der Waals surface area contributed by atoms with Crippen LogP contribution in [0.25, 0.3) is 0 Å². The van der Waals surface area contributed by atoms with Crippen molar-refractivity contribution in [1.82, 2.24) is 4.90 Å². The lowest BCUT2D eigenvalue weighted by Crippen LogP contribution is -2.22. The van der Waals surface area contributed by atoms with Crippen molar-refractivity contribution in [2.45, 2.75) is 6.42 Å². The van der Waals surface area contributed by atoms with Gasteiger partial charge in [-0.1, -0.05) is 0 Å². The van der Waals surface area contributed by atoms with E-state index in [4.69, 9.17) is 5.11 Å². The smallest absolute Gasteiger partial charge is 0.224 e. The summed E-state index contributed by atoms with van der Waals surface area (Å²) in [6.45, 7) is -0.0585. The van der Waals surface area contributed by atoms with Crippen LogP contribution < -0.4 is 0 Å². The Morgan fingerprint density at radius 2 is 2.12 bits per heavy atom. The number of hydrogen-bond donors (Lipinski definition) is 1. The van der Waals surface area contributed by atoms with E-state index in [9.17, 15) is 4.79 Å². The Hall–Kier alpha value is -0.570. The van der Waals surface area contributed by atoms with Crippen LogP contribution in [0.5, 0.6) is 0 Å². The van der Waals surface area contributed by atoms with Gasteiger partial charge in [0.15, 0.2) is 0 Å². The molecule has 0 spiro atoms. The van der Waals surface area contributed by atoms with Gasteiger partial charge in [-0.15, -0.1) is 0 Å². The lowest BCUT2D eigenvalue weighted by molar-refractivity contribution is -0.129. The third-order valence-electron chi connectivity index (χ3n) is 0.824. The van der Waals surface area contributed by atoms with E-state index < -0.39 is 0 Å². The summed E-state index contributed by atoms with van der Waals surface area (Å²) in [5.74, 6) is -0.0347. The highest BCUT2D eigenvalue weighted by Crippen LogP contribution is 1.82. The number of carbonyl (C=O) groups excluding carboxylic acids is 1. The van der Waals surface area contributed by atoms with Crippen LogP contribution in [0.3, 0.4) is 0 Å². The second-order valence-corrected chi connectivity index (χ2v) is 1.76. The molecule has 3 nitrogen and oxygen atoms in total. The number of aliphatic hydroxyl groups is 1. The Morgan fingerprint density at radius 1 is 1.62 bits per heavy atom. The van der Waals surface area contributed by atoms with E-state index in [0.29, 0.717) is 0 Å². The molecule has 48 valence electrons. The predicted molar refractivity (Wildman–Crippen MR) is 30.4 cm³/mol. The molecule has 8 heavy (non-hydrogen) atoms. The van der Waals surface area contributed by atoms with E-state index >= 15 is 0 Å². The number of rotatable bonds is 2. The molecule has 0 heterocycles. The summed E-state index contributed by atoms with van der Waals surface area (Å²) in [5, 5.41) is 8.24. The van der Waals surface area contributed by atoms with Gasteiger partial charge in [0, 0.05) is 20.5 Å². The van der Waals surface area contributed by atoms with Crippen molar-refractivity contribution in [3.05, 3.63) is 0 Å². The third-order valence-corrected chi connectivity index (χ3v) is 0.824. The van der Waals surface area contributed by atoms with Gasteiger partial charge in [-0.2, -0.15) is 0 Å². The summed E-state index contributed by atoms with van der Waals surface area (Å²) in [6, 6.07) is 0. The summed E-state index contributed by atoms with van der Waals surface area (Å²) < 4.78 is 0. The highest BCUT2D eigenvalue weighted by molar-refractivity contribution is 5.75. The van der Waals surface area contributed by atoms with E-state index in [1.165, 1.54) is 4.90 Å². The van der Waals surface area contributed by atoms with Gasteiger partial charge >= 0.3 is 0 Å². The first-order chi connectivity index (χ1) is 3.68. The van der Waals surface area contributed by atoms with E-state index in [1.54, 1.807) is 14.1 Å². The van der Waals surface area contributed by atoms with Crippen molar-refractivity contribution in [3.63, 3.8) is 0 Å². The van der Waals surface area contributed by atoms with Gasteiger partial charge in [0.1, 0.15) is 0 Å². The first-order valence-corrected chi connectivity index (χ1v) is 2.49. The minimum atomic E-state index is -0.0585. The van der Waals surface area contributed by atoms with Crippen molar-refractivity contribution in [3.8, 4) is 0 Å². The normalized spacial score (nSPS) is 8.88. The maximum atomic E-state index is 10.5. The van der Waals surface area contributed by atoms with E-state index in [0.717, 1.165) is 0 Å². The minimum absolute atomic E-state index is 0.0347. The molecule has 0 aliphatic rings. The fourth-order valence-corrected chi connectivity index (χ4v) is 0.319. The van der Waals surface area contributed by atoms with Gasteiger partial charge in [0.05, 0.1) is 6.61 Å². The number of carbonyl (C=O) groups is 1. The Bertz CT molecular complexity index is 80.5. The predicted octanol–water partition coefficient (Wildman–Crippen LogP) is -0.543. The molecule has 0 aliphatic carbocycles. The Labute approximate surface area is 48.9 Å². The first kappa shape index (κ1) is 7.43. The van der Waals surface area contributed by atoms with Gasteiger partial charge in [-0.3, -0.25) is 4.79 Å². The number of nitrogens with zero attached hydrogens (tertiary/aromatic N) is 1. The molecule has 0 aromatic carbocycles. The maximum Gasteiger partial charge on any atom is 0.224 e. The number of hydrogen-bond acceptors (Lipinski definition) is 2. The van der Waals surface area contributed by atoms with Crippen LogP contribution in [0, 0.1) is 0 Å². The summed E-state index contributed by atoms with van der Waals surface area (Å²) >= 11 is 0. The summed E-state index contributed by atoms with van der Waals surface area (Å²) in [4.78, 5) is 12.0. The lowest BCUT2D eigenvalue weighted by Gasteiger charge is -2.07. The summed E-state index contributed by atoms with van der Waals surface area (Å²) in [6.07, 6.45) is 0.229. The molecule has 0 atom stereocenters. The zero-order valence-electron chi connectivity index (χ0n) is 5.22. The SMILES string of the molecule is CN(C)C(=O)CCO. The van der Waals surface area contributed by atoms with Crippen LogP contribution in [-0.4, -0.2) is 36.6 Å². The van der Waals surface area contributed by atoms with Crippen LogP contribution in [0.2, 0.25) is 0 Å². The molecule has 0 bridgehead atoms.